The van der Waals surface area contributed by atoms with E-state index >= 15 is 0 Å². The minimum Gasteiger partial charge on any atom is -0.456 e. The molecule has 0 spiro atoms. The normalized spacial score (nSPS) is 11.9. The number of fused-ring (bicyclic) bond motifs is 10. The Morgan fingerprint density at radius 2 is 0.935 bits per heavy atom. The van der Waals surface area contributed by atoms with Gasteiger partial charge in [0.1, 0.15) is 22.3 Å². The Balaban J connectivity index is 1.33. The van der Waals surface area contributed by atoms with E-state index in [4.69, 9.17) is 23.8 Å². The van der Waals surface area contributed by atoms with E-state index < -0.39 is 0 Å². The summed E-state index contributed by atoms with van der Waals surface area (Å²) in [6.07, 6.45) is 0. The summed E-state index contributed by atoms with van der Waals surface area (Å²) in [6, 6.07) is 47.4. The lowest BCUT2D eigenvalue weighted by Gasteiger charge is -2.13. The molecule has 0 unspecified atom stereocenters. The van der Waals surface area contributed by atoms with Gasteiger partial charge in [-0.1, -0.05) is 103 Å². The Hall–Kier alpha value is -6.33. The van der Waals surface area contributed by atoms with Crippen molar-refractivity contribution in [1.29, 1.82) is 0 Å². The molecule has 214 valence electrons. The third kappa shape index (κ3) is 3.66. The molecule has 0 aliphatic rings. The number of aromatic nitrogens is 3. The van der Waals surface area contributed by atoms with Crippen molar-refractivity contribution in [2.45, 2.75) is 0 Å². The molecule has 0 amide bonds. The Morgan fingerprint density at radius 1 is 0.348 bits per heavy atom. The monoisotopic (exact) mass is 589 g/mol. The van der Waals surface area contributed by atoms with Gasteiger partial charge < -0.3 is 8.83 Å². The second kappa shape index (κ2) is 9.58. The van der Waals surface area contributed by atoms with Gasteiger partial charge in [0.15, 0.2) is 17.5 Å². The van der Waals surface area contributed by atoms with Crippen molar-refractivity contribution in [1.82, 2.24) is 15.0 Å². The van der Waals surface area contributed by atoms with E-state index in [1.807, 2.05) is 72.8 Å². The molecule has 0 bridgehead atoms. The number of benzene rings is 7. The summed E-state index contributed by atoms with van der Waals surface area (Å²) in [5.74, 6) is 1.82. The minimum atomic E-state index is 0.595. The van der Waals surface area contributed by atoms with Crippen molar-refractivity contribution in [2.24, 2.45) is 0 Å². The van der Waals surface area contributed by atoms with Crippen LogP contribution in [0.4, 0.5) is 0 Å². The lowest BCUT2D eigenvalue weighted by molar-refractivity contribution is 0.668. The number of nitrogens with zero attached hydrogens (tertiary/aromatic N) is 3. The average molecular weight is 590 g/mol. The molecule has 0 radical (unpaired) electrons. The molecule has 5 heteroatoms. The van der Waals surface area contributed by atoms with Gasteiger partial charge in [0.25, 0.3) is 0 Å². The molecule has 0 aliphatic carbocycles. The molecule has 0 saturated heterocycles. The molecule has 5 nitrogen and oxygen atoms in total. The number of hydrogen-bond acceptors (Lipinski definition) is 5. The highest BCUT2D eigenvalue weighted by molar-refractivity contribution is 6.29. The van der Waals surface area contributed by atoms with E-state index in [0.29, 0.717) is 17.5 Å². The Kier molecular flexibility index (Phi) is 5.22. The molecular formula is C41H23N3O2. The molecule has 0 N–H and O–H groups in total. The highest BCUT2D eigenvalue weighted by Gasteiger charge is 2.21. The van der Waals surface area contributed by atoms with Gasteiger partial charge in [0.05, 0.1) is 0 Å². The molecule has 3 aromatic heterocycles. The van der Waals surface area contributed by atoms with Gasteiger partial charge in [0, 0.05) is 43.6 Å². The fourth-order valence-electron chi connectivity index (χ4n) is 6.88. The number of furan rings is 2. The van der Waals surface area contributed by atoms with Crippen LogP contribution < -0.4 is 0 Å². The first-order valence-electron chi connectivity index (χ1n) is 15.3. The van der Waals surface area contributed by atoms with Crippen LogP contribution >= 0.6 is 0 Å². The molecular weight excluding hydrogens is 566 g/mol. The van der Waals surface area contributed by atoms with Crippen molar-refractivity contribution < 1.29 is 8.83 Å². The smallest absolute Gasteiger partial charge is 0.164 e. The van der Waals surface area contributed by atoms with Crippen LogP contribution in [-0.4, -0.2) is 15.0 Å². The summed E-state index contributed by atoms with van der Waals surface area (Å²) >= 11 is 0. The largest absolute Gasteiger partial charge is 0.456 e. The van der Waals surface area contributed by atoms with E-state index in [2.05, 4.69) is 66.7 Å². The Labute approximate surface area is 262 Å². The molecule has 0 aliphatic heterocycles. The molecule has 46 heavy (non-hydrogen) atoms. The van der Waals surface area contributed by atoms with Crippen LogP contribution in [0.15, 0.2) is 148 Å². The van der Waals surface area contributed by atoms with Crippen LogP contribution in [0, 0.1) is 0 Å². The van der Waals surface area contributed by atoms with E-state index in [0.717, 1.165) is 82.1 Å². The maximum Gasteiger partial charge on any atom is 0.164 e. The SMILES string of the molecule is c1ccc(-c2nc(-c3cc4ccccc4c4c3ccc3oc5ccccc5c34)nc(-c3cccc4oc5ccccc5c34)n2)cc1. The highest BCUT2D eigenvalue weighted by Crippen LogP contribution is 2.43. The number of rotatable bonds is 3. The van der Waals surface area contributed by atoms with Crippen molar-refractivity contribution >= 4 is 65.4 Å². The maximum atomic E-state index is 6.33. The average Bonchev–Trinajstić information content (AvgIpc) is 3.70. The standard InChI is InChI=1S/C41H23N3O2/c1-2-11-24(12-3-1)39-42-40(30-17-10-20-34-36(30)28-15-6-8-18-32(28)45-34)44-41(43-39)31-23-25-13-4-5-14-26(25)37-27(31)21-22-35-38(37)29-16-7-9-19-33(29)46-35/h1-23H. The predicted molar refractivity (Wildman–Crippen MR) is 186 cm³/mol. The molecule has 3 heterocycles. The van der Waals surface area contributed by atoms with Crippen LogP contribution in [0.5, 0.6) is 0 Å². The lowest BCUT2D eigenvalue weighted by Crippen LogP contribution is -2.01. The van der Waals surface area contributed by atoms with E-state index in [1.54, 1.807) is 0 Å². The first kappa shape index (κ1) is 25.0. The van der Waals surface area contributed by atoms with Gasteiger partial charge in [-0.05, 0) is 52.6 Å². The summed E-state index contributed by atoms with van der Waals surface area (Å²) in [6.45, 7) is 0. The zero-order chi connectivity index (χ0) is 30.2. The van der Waals surface area contributed by atoms with Crippen LogP contribution in [0.2, 0.25) is 0 Å². The van der Waals surface area contributed by atoms with Crippen molar-refractivity contribution in [3.05, 3.63) is 140 Å². The molecule has 10 aromatic rings. The minimum absolute atomic E-state index is 0.595. The Bertz CT molecular complexity index is 2810. The number of para-hydroxylation sites is 2. The van der Waals surface area contributed by atoms with E-state index in [1.165, 1.54) is 0 Å². The van der Waals surface area contributed by atoms with Gasteiger partial charge in [-0.3, -0.25) is 0 Å². The van der Waals surface area contributed by atoms with Crippen LogP contribution in [0.3, 0.4) is 0 Å². The maximum absolute atomic E-state index is 6.33. The second-order valence-corrected chi connectivity index (χ2v) is 11.6. The summed E-state index contributed by atoms with van der Waals surface area (Å²) in [7, 11) is 0. The van der Waals surface area contributed by atoms with Gasteiger partial charge in [-0.15, -0.1) is 0 Å². The summed E-state index contributed by atoms with van der Waals surface area (Å²) in [5.41, 5.74) is 6.11. The predicted octanol–water partition coefficient (Wildman–Crippen LogP) is 11.0. The van der Waals surface area contributed by atoms with Crippen molar-refractivity contribution in [3.63, 3.8) is 0 Å². The molecule has 0 atom stereocenters. The van der Waals surface area contributed by atoms with Crippen molar-refractivity contribution in [3.8, 4) is 34.2 Å². The molecule has 10 rings (SSSR count). The topological polar surface area (TPSA) is 65.0 Å². The summed E-state index contributed by atoms with van der Waals surface area (Å²) < 4.78 is 12.6. The summed E-state index contributed by atoms with van der Waals surface area (Å²) in [5, 5.41) is 8.65. The lowest BCUT2D eigenvalue weighted by atomic mass is 9.93. The zero-order valence-electron chi connectivity index (χ0n) is 24.4. The van der Waals surface area contributed by atoms with Gasteiger partial charge >= 0.3 is 0 Å². The second-order valence-electron chi connectivity index (χ2n) is 11.6. The van der Waals surface area contributed by atoms with Gasteiger partial charge in [-0.2, -0.15) is 0 Å². The van der Waals surface area contributed by atoms with Crippen LogP contribution in [0.25, 0.3) is 99.6 Å². The van der Waals surface area contributed by atoms with E-state index in [-0.39, 0.29) is 0 Å². The highest BCUT2D eigenvalue weighted by atomic mass is 16.3. The first-order chi connectivity index (χ1) is 22.8. The van der Waals surface area contributed by atoms with Gasteiger partial charge in [0.2, 0.25) is 0 Å². The fraction of sp³-hybridized carbons (Fsp3) is 0. The van der Waals surface area contributed by atoms with E-state index in [9.17, 15) is 0 Å². The first-order valence-corrected chi connectivity index (χ1v) is 15.3. The van der Waals surface area contributed by atoms with Crippen LogP contribution in [0.1, 0.15) is 0 Å². The van der Waals surface area contributed by atoms with Gasteiger partial charge in [-0.25, -0.2) is 15.0 Å². The molecule has 0 fully saturated rings. The number of hydrogen-bond donors (Lipinski definition) is 0. The van der Waals surface area contributed by atoms with Crippen molar-refractivity contribution in [2.75, 3.05) is 0 Å². The summed E-state index contributed by atoms with van der Waals surface area (Å²) in [4.78, 5) is 15.5. The molecule has 0 saturated carbocycles. The zero-order valence-corrected chi connectivity index (χ0v) is 24.4. The third-order valence-corrected chi connectivity index (χ3v) is 8.92. The molecule has 7 aromatic carbocycles. The Morgan fingerprint density at radius 3 is 1.72 bits per heavy atom. The van der Waals surface area contributed by atoms with Crippen LogP contribution in [-0.2, 0) is 0 Å². The fourth-order valence-corrected chi connectivity index (χ4v) is 6.88. The third-order valence-electron chi connectivity index (χ3n) is 8.92. The quantitative estimate of drug-likeness (QED) is 0.192.